The van der Waals surface area contributed by atoms with E-state index in [4.69, 9.17) is 16.4 Å². The number of hydrogen-bond acceptors (Lipinski definition) is 3. The average Bonchev–Trinajstić information content (AvgIpc) is 3.42. The van der Waals surface area contributed by atoms with Gasteiger partial charge < -0.3 is 0 Å². The molecule has 2 aromatic heterocycles. The average molecular weight is 373 g/mol. The summed E-state index contributed by atoms with van der Waals surface area (Å²) in [6.45, 7) is 1.87. The van der Waals surface area contributed by atoms with Crippen molar-refractivity contribution in [1.29, 1.82) is 4.78 Å². The first kappa shape index (κ1) is 16.3. The van der Waals surface area contributed by atoms with Gasteiger partial charge >= 0.3 is 0 Å². The maximum absolute atomic E-state index is 12.8. The predicted molar refractivity (Wildman–Crippen MR) is 101 cm³/mol. The fourth-order valence-corrected chi connectivity index (χ4v) is 4.29. The van der Waals surface area contributed by atoms with Crippen LogP contribution in [0.4, 0.5) is 0 Å². The standard InChI is InChI=1S/C18H17ClN4OS/c1-11-17(12-2-4-13(19)5-3-12)18(24)23(22-11)16-9-8-15(10-21-16)25(20)14-6-7-14/h2-5,8-10,14,20,22H,6-7H2,1H3/t25-/m0/s1. The number of H-pyrrole nitrogens is 1. The molecule has 1 saturated carbocycles. The van der Waals surface area contributed by atoms with Gasteiger partial charge in [-0.2, -0.15) is 0 Å². The number of benzene rings is 1. The Morgan fingerprint density at radius 3 is 2.56 bits per heavy atom. The molecule has 0 unspecified atom stereocenters. The largest absolute Gasteiger partial charge is 0.293 e. The smallest absolute Gasteiger partial charge is 0.280 e. The summed E-state index contributed by atoms with van der Waals surface area (Å²) >= 11 is 5.93. The minimum Gasteiger partial charge on any atom is -0.293 e. The van der Waals surface area contributed by atoms with Crippen LogP contribution in [0.15, 0.2) is 52.3 Å². The molecule has 0 aliphatic heterocycles. The maximum Gasteiger partial charge on any atom is 0.280 e. The van der Waals surface area contributed by atoms with Crippen molar-refractivity contribution in [2.24, 2.45) is 0 Å². The van der Waals surface area contributed by atoms with Crippen molar-refractivity contribution in [2.75, 3.05) is 0 Å². The van der Waals surface area contributed by atoms with Gasteiger partial charge in [-0.25, -0.2) is 9.67 Å². The second kappa shape index (κ2) is 6.28. The van der Waals surface area contributed by atoms with E-state index in [1.165, 1.54) is 4.68 Å². The van der Waals surface area contributed by atoms with Crippen LogP contribution in [0.25, 0.3) is 16.9 Å². The molecule has 7 heteroatoms. The van der Waals surface area contributed by atoms with E-state index in [9.17, 15) is 4.79 Å². The van der Waals surface area contributed by atoms with Gasteiger partial charge in [-0.1, -0.05) is 34.4 Å². The zero-order valence-electron chi connectivity index (χ0n) is 13.6. The third-order valence-electron chi connectivity index (χ3n) is 4.27. The topological polar surface area (TPSA) is 74.5 Å². The molecular weight excluding hydrogens is 356 g/mol. The van der Waals surface area contributed by atoms with E-state index in [0.29, 0.717) is 21.7 Å². The van der Waals surface area contributed by atoms with Crippen molar-refractivity contribution in [1.82, 2.24) is 14.8 Å². The SMILES string of the molecule is Cc1[nH]n(-c2ccc([S@@](=N)C3CC3)cn2)c(=O)c1-c1ccc(Cl)cc1. The van der Waals surface area contributed by atoms with Gasteiger partial charge in [0, 0.05) is 27.1 Å². The first-order chi connectivity index (χ1) is 12.0. The Bertz CT molecular complexity index is 1000. The number of hydrogen-bond donors (Lipinski definition) is 2. The van der Waals surface area contributed by atoms with Gasteiger partial charge in [-0.15, -0.1) is 0 Å². The highest BCUT2D eigenvalue weighted by Gasteiger charge is 2.26. The lowest BCUT2D eigenvalue weighted by Gasteiger charge is -2.05. The number of aromatic amines is 1. The van der Waals surface area contributed by atoms with Crippen molar-refractivity contribution < 1.29 is 0 Å². The van der Waals surface area contributed by atoms with E-state index in [0.717, 1.165) is 29.0 Å². The summed E-state index contributed by atoms with van der Waals surface area (Å²) in [7, 11) is -0.498. The molecule has 1 atom stereocenters. The Hall–Kier alpha value is -2.18. The molecule has 2 heterocycles. The lowest BCUT2D eigenvalue weighted by Crippen LogP contribution is -2.17. The van der Waals surface area contributed by atoms with Crippen LogP contribution in [0.5, 0.6) is 0 Å². The third-order valence-corrected chi connectivity index (χ3v) is 6.41. The lowest BCUT2D eigenvalue weighted by molar-refractivity contribution is 0.804. The number of pyridine rings is 1. The lowest BCUT2D eigenvalue weighted by atomic mass is 10.1. The molecule has 2 N–H and O–H groups in total. The number of aryl methyl sites for hydroxylation is 1. The number of halogens is 1. The fourth-order valence-electron chi connectivity index (χ4n) is 2.80. The minimum absolute atomic E-state index is 0.146. The van der Waals surface area contributed by atoms with Crippen LogP contribution in [0.3, 0.4) is 0 Å². The molecule has 0 bridgehead atoms. The Morgan fingerprint density at radius 2 is 1.96 bits per heavy atom. The molecule has 1 aliphatic rings. The Balaban J connectivity index is 1.71. The highest BCUT2D eigenvalue weighted by Crippen LogP contribution is 2.30. The van der Waals surface area contributed by atoms with Crippen LogP contribution in [0.2, 0.25) is 5.02 Å². The first-order valence-corrected chi connectivity index (χ1v) is 9.69. The van der Waals surface area contributed by atoms with Crippen LogP contribution in [-0.2, 0) is 10.7 Å². The van der Waals surface area contributed by atoms with Crippen molar-refractivity contribution >= 4 is 22.3 Å². The summed E-state index contributed by atoms with van der Waals surface area (Å²) in [5, 5.41) is 4.21. The Morgan fingerprint density at radius 1 is 1.24 bits per heavy atom. The van der Waals surface area contributed by atoms with Gasteiger partial charge in [0.2, 0.25) is 0 Å². The summed E-state index contributed by atoms with van der Waals surface area (Å²) in [5.74, 6) is 0.532. The van der Waals surface area contributed by atoms with Crippen LogP contribution in [-0.4, -0.2) is 20.0 Å². The number of rotatable bonds is 4. The molecule has 128 valence electrons. The van der Waals surface area contributed by atoms with Crippen LogP contribution < -0.4 is 5.56 Å². The highest BCUT2D eigenvalue weighted by atomic mass is 35.5. The van der Waals surface area contributed by atoms with Gasteiger partial charge in [-0.05, 0) is 49.6 Å². The molecule has 1 fully saturated rings. The van der Waals surface area contributed by atoms with E-state index in [2.05, 4.69) is 10.1 Å². The second-order valence-corrected chi connectivity index (χ2v) is 8.40. The van der Waals surface area contributed by atoms with Gasteiger partial charge in [0.25, 0.3) is 5.56 Å². The summed E-state index contributed by atoms with van der Waals surface area (Å²) in [4.78, 5) is 18.2. The summed E-state index contributed by atoms with van der Waals surface area (Å²) in [5.41, 5.74) is 2.06. The number of nitrogens with one attached hydrogen (secondary N) is 2. The van der Waals surface area contributed by atoms with Crippen molar-refractivity contribution in [2.45, 2.75) is 29.9 Å². The third kappa shape index (κ3) is 3.07. The molecule has 25 heavy (non-hydrogen) atoms. The van der Waals surface area contributed by atoms with E-state index in [1.807, 2.05) is 25.1 Å². The molecule has 0 spiro atoms. The predicted octanol–water partition coefficient (Wildman–Crippen LogP) is 4.09. The Labute approximate surface area is 152 Å². The van der Waals surface area contributed by atoms with E-state index >= 15 is 0 Å². The first-order valence-electron chi connectivity index (χ1n) is 8.03. The van der Waals surface area contributed by atoms with Gasteiger partial charge in [0.15, 0.2) is 5.82 Å². The monoisotopic (exact) mass is 372 g/mol. The van der Waals surface area contributed by atoms with Gasteiger partial charge in [-0.3, -0.25) is 14.7 Å². The van der Waals surface area contributed by atoms with Crippen LogP contribution in [0, 0.1) is 11.7 Å². The zero-order valence-corrected chi connectivity index (χ0v) is 15.2. The summed E-state index contributed by atoms with van der Waals surface area (Å²) in [6.07, 6.45) is 3.98. The number of aromatic nitrogens is 3. The quantitative estimate of drug-likeness (QED) is 0.723. The van der Waals surface area contributed by atoms with Crippen molar-refractivity contribution in [3.8, 4) is 16.9 Å². The molecule has 0 radical (unpaired) electrons. The molecule has 5 nitrogen and oxygen atoms in total. The summed E-state index contributed by atoms with van der Waals surface area (Å²) < 4.78 is 9.66. The van der Waals surface area contributed by atoms with Crippen LogP contribution >= 0.6 is 11.6 Å². The van der Waals surface area contributed by atoms with Gasteiger partial charge in [0.05, 0.1) is 5.56 Å². The number of nitrogens with zero attached hydrogens (tertiary/aromatic N) is 2. The van der Waals surface area contributed by atoms with Gasteiger partial charge in [0.1, 0.15) is 0 Å². The molecule has 0 saturated heterocycles. The molecule has 3 aromatic rings. The summed E-state index contributed by atoms with van der Waals surface area (Å²) in [6, 6.07) is 10.9. The van der Waals surface area contributed by atoms with Crippen LogP contribution in [0.1, 0.15) is 18.5 Å². The normalized spacial score (nSPS) is 15.3. The van der Waals surface area contributed by atoms with Crippen molar-refractivity contribution in [3.05, 3.63) is 63.7 Å². The molecule has 4 rings (SSSR count). The zero-order chi connectivity index (χ0) is 17.6. The maximum atomic E-state index is 12.8. The highest BCUT2D eigenvalue weighted by molar-refractivity contribution is 7.87. The van der Waals surface area contributed by atoms with Crippen molar-refractivity contribution in [3.63, 3.8) is 0 Å². The van der Waals surface area contributed by atoms with E-state index in [-0.39, 0.29) is 5.56 Å². The molecule has 1 aromatic carbocycles. The van der Waals surface area contributed by atoms with E-state index in [1.54, 1.807) is 24.4 Å². The van der Waals surface area contributed by atoms with E-state index < -0.39 is 10.7 Å². The Kier molecular flexibility index (Phi) is 4.09. The second-order valence-electron chi connectivity index (χ2n) is 6.15. The molecule has 0 amide bonds. The molecular formula is C18H17ClN4OS. The fraction of sp³-hybridized carbons (Fsp3) is 0.222. The minimum atomic E-state index is -0.498. The molecule has 1 aliphatic carbocycles.